The van der Waals surface area contributed by atoms with E-state index in [1.807, 2.05) is 0 Å². The summed E-state index contributed by atoms with van der Waals surface area (Å²) in [5, 5.41) is 3.71. The molecule has 1 heteroatoms. The minimum absolute atomic E-state index is 0.807. The second-order valence-electron chi connectivity index (χ2n) is 5.69. The normalized spacial score (nSPS) is 19.7. The van der Waals surface area contributed by atoms with E-state index in [4.69, 9.17) is 0 Å². The van der Waals surface area contributed by atoms with Gasteiger partial charge >= 0.3 is 0 Å². The van der Waals surface area contributed by atoms with Gasteiger partial charge in [0.2, 0.25) is 0 Å². The predicted molar refractivity (Wildman–Crippen MR) is 77.6 cm³/mol. The van der Waals surface area contributed by atoms with Gasteiger partial charge in [0.05, 0.1) is 0 Å². The summed E-state index contributed by atoms with van der Waals surface area (Å²) in [5.74, 6) is 0. The Bertz CT molecular complexity index is 427. The van der Waals surface area contributed by atoms with Crippen LogP contribution in [0.25, 0.3) is 6.08 Å². The largest absolute Gasteiger partial charge is 0.314 e. The van der Waals surface area contributed by atoms with Crippen LogP contribution in [0, 0.1) is 0 Å². The molecule has 0 aliphatic heterocycles. The van der Waals surface area contributed by atoms with E-state index in [2.05, 4.69) is 35.7 Å². The number of benzene rings is 1. The summed E-state index contributed by atoms with van der Waals surface area (Å²) in [5.41, 5.74) is 4.59. The molecule has 1 fully saturated rings. The lowest BCUT2D eigenvalue weighted by atomic mass is 9.91. The van der Waals surface area contributed by atoms with Crippen molar-refractivity contribution < 1.29 is 0 Å². The molecule has 2 aliphatic rings. The fourth-order valence-corrected chi connectivity index (χ4v) is 3.25. The maximum Gasteiger partial charge on any atom is 0.00671 e. The number of rotatable bonds is 4. The SMILES string of the molecule is C1=C(CCNC2CCCC2)CCc2ccccc21. The van der Waals surface area contributed by atoms with Gasteiger partial charge in [-0.25, -0.2) is 0 Å². The van der Waals surface area contributed by atoms with E-state index in [1.54, 1.807) is 5.57 Å². The van der Waals surface area contributed by atoms with Gasteiger partial charge in [-0.3, -0.25) is 0 Å². The third-order valence-corrected chi connectivity index (χ3v) is 4.36. The van der Waals surface area contributed by atoms with Gasteiger partial charge in [-0.05, 0) is 49.8 Å². The second-order valence-corrected chi connectivity index (χ2v) is 5.69. The second kappa shape index (κ2) is 5.71. The summed E-state index contributed by atoms with van der Waals surface area (Å²) >= 11 is 0. The van der Waals surface area contributed by atoms with E-state index >= 15 is 0 Å². The van der Waals surface area contributed by atoms with Gasteiger partial charge in [-0.2, -0.15) is 0 Å². The Morgan fingerprint density at radius 2 is 1.89 bits per heavy atom. The van der Waals surface area contributed by atoms with Crippen LogP contribution in [0.2, 0.25) is 0 Å². The molecule has 0 saturated heterocycles. The van der Waals surface area contributed by atoms with Crippen molar-refractivity contribution in [3.63, 3.8) is 0 Å². The van der Waals surface area contributed by atoms with Gasteiger partial charge in [-0.1, -0.05) is 48.8 Å². The van der Waals surface area contributed by atoms with E-state index in [0.717, 1.165) is 6.04 Å². The molecular formula is C17H23N. The molecule has 1 aromatic rings. The highest BCUT2D eigenvalue weighted by atomic mass is 14.9. The first-order valence-electron chi connectivity index (χ1n) is 7.42. The average Bonchev–Trinajstić information content (AvgIpc) is 2.92. The van der Waals surface area contributed by atoms with Crippen LogP contribution in [0.4, 0.5) is 0 Å². The van der Waals surface area contributed by atoms with Crippen molar-refractivity contribution in [2.75, 3.05) is 6.54 Å². The number of fused-ring (bicyclic) bond motifs is 1. The first-order valence-corrected chi connectivity index (χ1v) is 7.42. The lowest BCUT2D eigenvalue weighted by molar-refractivity contribution is 0.524. The van der Waals surface area contributed by atoms with Crippen LogP contribution in [0.1, 0.15) is 49.7 Å². The molecule has 0 amide bonds. The highest BCUT2D eigenvalue weighted by molar-refractivity contribution is 5.59. The summed E-state index contributed by atoms with van der Waals surface area (Å²) in [7, 11) is 0. The summed E-state index contributed by atoms with van der Waals surface area (Å²) in [6.45, 7) is 1.17. The van der Waals surface area contributed by atoms with Gasteiger partial charge in [0, 0.05) is 6.04 Å². The van der Waals surface area contributed by atoms with Gasteiger partial charge in [-0.15, -0.1) is 0 Å². The minimum Gasteiger partial charge on any atom is -0.314 e. The topological polar surface area (TPSA) is 12.0 Å². The zero-order chi connectivity index (χ0) is 12.2. The van der Waals surface area contributed by atoms with Crippen LogP contribution in [0.3, 0.4) is 0 Å². The Morgan fingerprint density at radius 3 is 2.78 bits per heavy atom. The first kappa shape index (κ1) is 12.0. The van der Waals surface area contributed by atoms with Crippen molar-refractivity contribution in [2.45, 2.75) is 51.0 Å². The number of nitrogens with one attached hydrogen (secondary N) is 1. The number of hydrogen-bond donors (Lipinski definition) is 1. The monoisotopic (exact) mass is 241 g/mol. The molecule has 1 saturated carbocycles. The Hall–Kier alpha value is -1.08. The molecule has 0 heterocycles. The van der Waals surface area contributed by atoms with Crippen LogP contribution >= 0.6 is 0 Å². The predicted octanol–water partition coefficient (Wildman–Crippen LogP) is 3.94. The van der Waals surface area contributed by atoms with E-state index < -0.39 is 0 Å². The van der Waals surface area contributed by atoms with Crippen molar-refractivity contribution in [2.24, 2.45) is 0 Å². The molecule has 1 aromatic carbocycles. The Labute approximate surface area is 110 Å². The molecule has 0 bridgehead atoms. The third kappa shape index (κ3) is 2.84. The lowest BCUT2D eigenvalue weighted by Crippen LogP contribution is -2.27. The van der Waals surface area contributed by atoms with Crippen LogP contribution in [-0.2, 0) is 6.42 Å². The molecule has 0 aromatic heterocycles. The van der Waals surface area contributed by atoms with Crippen molar-refractivity contribution in [1.29, 1.82) is 0 Å². The molecular weight excluding hydrogens is 218 g/mol. The maximum atomic E-state index is 3.71. The van der Waals surface area contributed by atoms with Gasteiger partial charge in [0.1, 0.15) is 0 Å². The van der Waals surface area contributed by atoms with E-state index in [1.165, 1.54) is 62.6 Å². The van der Waals surface area contributed by atoms with Gasteiger partial charge < -0.3 is 5.32 Å². The molecule has 0 radical (unpaired) electrons. The smallest absolute Gasteiger partial charge is 0.00671 e. The van der Waals surface area contributed by atoms with Gasteiger partial charge in [0.25, 0.3) is 0 Å². The molecule has 96 valence electrons. The van der Waals surface area contributed by atoms with E-state index in [0.29, 0.717) is 0 Å². The molecule has 18 heavy (non-hydrogen) atoms. The number of hydrogen-bond acceptors (Lipinski definition) is 1. The number of aryl methyl sites for hydroxylation is 1. The molecule has 0 spiro atoms. The standard InChI is InChI=1S/C17H23N/c1-2-6-16-13-14(9-10-15(16)5-1)11-12-18-17-7-3-4-8-17/h1-2,5-6,13,17-18H,3-4,7-12H2. The van der Waals surface area contributed by atoms with E-state index in [-0.39, 0.29) is 0 Å². The fraction of sp³-hybridized carbons (Fsp3) is 0.529. The average molecular weight is 241 g/mol. The molecule has 2 aliphatic carbocycles. The highest BCUT2D eigenvalue weighted by Gasteiger charge is 2.14. The van der Waals surface area contributed by atoms with Crippen molar-refractivity contribution in [1.82, 2.24) is 5.32 Å². The van der Waals surface area contributed by atoms with Crippen molar-refractivity contribution >= 4 is 6.08 Å². The minimum atomic E-state index is 0.807. The summed E-state index contributed by atoms with van der Waals surface area (Å²) in [6.07, 6.45) is 11.8. The molecule has 0 atom stereocenters. The summed E-state index contributed by atoms with van der Waals surface area (Å²) in [6, 6.07) is 9.62. The third-order valence-electron chi connectivity index (χ3n) is 4.36. The molecule has 0 unspecified atom stereocenters. The Kier molecular flexibility index (Phi) is 3.80. The van der Waals surface area contributed by atoms with Crippen LogP contribution in [0.15, 0.2) is 29.8 Å². The van der Waals surface area contributed by atoms with Crippen LogP contribution < -0.4 is 5.32 Å². The van der Waals surface area contributed by atoms with Crippen LogP contribution in [0.5, 0.6) is 0 Å². The molecule has 1 N–H and O–H groups in total. The lowest BCUT2D eigenvalue weighted by Gasteiger charge is -2.18. The molecule has 3 rings (SSSR count). The van der Waals surface area contributed by atoms with Crippen molar-refractivity contribution in [3.05, 3.63) is 41.0 Å². The van der Waals surface area contributed by atoms with Crippen LogP contribution in [-0.4, -0.2) is 12.6 Å². The van der Waals surface area contributed by atoms with E-state index in [9.17, 15) is 0 Å². The highest BCUT2D eigenvalue weighted by Crippen LogP contribution is 2.25. The molecule has 1 nitrogen and oxygen atoms in total. The zero-order valence-corrected chi connectivity index (χ0v) is 11.1. The first-order chi connectivity index (χ1) is 8.92. The quantitative estimate of drug-likeness (QED) is 0.842. The van der Waals surface area contributed by atoms with Crippen molar-refractivity contribution in [3.8, 4) is 0 Å². The van der Waals surface area contributed by atoms with Gasteiger partial charge in [0.15, 0.2) is 0 Å². The Morgan fingerprint density at radius 1 is 1.06 bits per heavy atom. The summed E-state index contributed by atoms with van der Waals surface area (Å²) in [4.78, 5) is 0. The fourth-order valence-electron chi connectivity index (χ4n) is 3.25. The zero-order valence-electron chi connectivity index (χ0n) is 11.1. The maximum absolute atomic E-state index is 3.71. The Balaban J connectivity index is 1.53. The summed E-state index contributed by atoms with van der Waals surface area (Å²) < 4.78 is 0.